The van der Waals surface area contributed by atoms with Crippen molar-refractivity contribution in [3.63, 3.8) is 0 Å². The number of ether oxygens (including phenoxy) is 1. The number of methoxy groups -OCH3 is 1. The van der Waals surface area contributed by atoms with Gasteiger partial charge in [0, 0.05) is 12.6 Å². The molecule has 0 aliphatic heterocycles. The summed E-state index contributed by atoms with van der Waals surface area (Å²) < 4.78 is 5.17. The highest BCUT2D eigenvalue weighted by Crippen LogP contribution is 2.25. The van der Waals surface area contributed by atoms with Gasteiger partial charge in [0.05, 0.1) is 12.6 Å². The Labute approximate surface area is 119 Å². The zero-order valence-corrected chi connectivity index (χ0v) is 12.1. The number of nitrogens with two attached hydrogens (primary N) is 1. The van der Waals surface area contributed by atoms with Gasteiger partial charge in [-0.15, -0.1) is 0 Å². The zero-order chi connectivity index (χ0) is 14.6. The van der Waals surface area contributed by atoms with E-state index in [0.29, 0.717) is 24.1 Å². The minimum atomic E-state index is -0.396. The lowest BCUT2D eigenvalue weighted by atomic mass is 9.92. The predicted octanol–water partition coefficient (Wildman–Crippen LogP) is 2.08. The molecule has 0 fully saturated rings. The van der Waals surface area contributed by atoms with Crippen LogP contribution in [0.4, 0.5) is 5.82 Å². The number of benzene rings is 1. The van der Waals surface area contributed by atoms with Gasteiger partial charge in [0.1, 0.15) is 11.6 Å². The van der Waals surface area contributed by atoms with Gasteiger partial charge >= 0.3 is 0 Å². The Morgan fingerprint density at radius 1 is 1.25 bits per heavy atom. The van der Waals surface area contributed by atoms with Crippen LogP contribution in [0.2, 0.25) is 0 Å². The maximum Gasteiger partial charge on any atom is 0.218 e. The maximum atomic E-state index is 5.96. The van der Waals surface area contributed by atoms with Gasteiger partial charge in [0.2, 0.25) is 5.88 Å². The molecule has 2 rings (SSSR count). The van der Waals surface area contributed by atoms with Gasteiger partial charge in [0.25, 0.3) is 0 Å². The molecular formula is C15H20N4O. The molecule has 0 aliphatic carbocycles. The van der Waals surface area contributed by atoms with Crippen molar-refractivity contribution in [2.75, 3.05) is 19.0 Å². The van der Waals surface area contributed by atoms with Crippen LogP contribution in [0.15, 0.2) is 36.4 Å². The van der Waals surface area contributed by atoms with E-state index in [0.717, 1.165) is 5.56 Å². The first kappa shape index (κ1) is 14.3. The van der Waals surface area contributed by atoms with E-state index in [1.807, 2.05) is 44.2 Å². The van der Waals surface area contributed by atoms with Crippen molar-refractivity contribution in [3.05, 3.63) is 47.8 Å². The lowest BCUT2D eigenvalue weighted by Crippen LogP contribution is -2.40. The second-order valence-electron chi connectivity index (χ2n) is 4.87. The smallest absolute Gasteiger partial charge is 0.218 e. The zero-order valence-electron chi connectivity index (χ0n) is 12.1. The molecule has 5 nitrogen and oxygen atoms in total. The van der Waals surface area contributed by atoms with Gasteiger partial charge in [-0.25, -0.2) is 4.98 Å². The van der Waals surface area contributed by atoms with Crippen LogP contribution < -0.4 is 15.8 Å². The van der Waals surface area contributed by atoms with E-state index in [-0.39, 0.29) is 0 Å². The molecule has 1 unspecified atom stereocenters. The molecule has 2 aromatic rings. The number of nitrogens with one attached hydrogen (secondary N) is 1. The van der Waals surface area contributed by atoms with Gasteiger partial charge in [-0.05, 0) is 19.4 Å². The molecule has 0 amide bonds. The molecular weight excluding hydrogens is 252 g/mol. The number of aromatic nitrogens is 2. The lowest BCUT2D eigenvalue weighted by molar-refractivity contribution is 0.395. The molecule has 0 aliphatic rings. The van der Waals surface area contributed by atoms with Crippen LogP contribution in [0.5, 0.6) is 5.88 Å². The van der Waals surface area contributed by atoms with Crippen LogP contribution in [0.25, 0.3) is 0 Å². The second-order valence-corrected chi connectivity index (χ2v) is 4.87. The monoisotopic (exact) mass is 272 g/mol. The van der Waals surface area contributed by atoms with Gasteiger partial charge in [0.15, 0.2) is 0 Å². The summed E-state index contributed by atoms with van der Waals surface area (Å²) in [5.74, 6) is 1.89. The van der Waals surface area contributed by atoms with E-state index >= 15 is 0 Å². The molecule has 0 spiro atoms. The average Bonchev–Trinajstić information content (AvgIpc) is 2.47. The van der Waals surface area contributed by atoms with Crippen LogP contribution in [0, 0.1) is 6.92 Å². The molecule has 0 radical (unpaired) electrons. The van der Waals surface area contributed by atoms with Crippen LogP contribution in [-0.2, 0) is 5.54 Å². The third-order valence-electron chi connectivity index (χ3n) is 3.25. The van der Waals surface area contributed by atoms with E-state index in [4.69, 9.17) is 10.5 Å². The predicted molar refractivity (Wildman–Crippen MR) is 79.8 cm³/mol. The van der Waals surface area contributed by atoms with Crippen LogP contribution in [-0.4, -0.2) is 23.6 Å². The van der Waals surface area contributed by atoms with Gasteiger partial charge < -0.3 is 15.8 Å². The minimum Gasteiger partial charge on any atom is -0.481 e. The topological polar surface area (TPSA) is 73.1 Å². The van der Waals surface area contributed by atoms with Crippen LogP contribution >= 0.6 is 0 Å². The van der Waals surface area contributed by atoms with E-state index in [1.54, 1.807) is 13.2 Å². The van der Waals surface area contributed by atoms with E-state index in [9.17, 15) is 0 Å². The highest BCUT2D eigenvalue weighted by atomic mass is 16.5. The fraction of sp³-hybridized carbons (Fsp3) is 0.333. The van der Waals surface area contributed by atoms with Crippen LogP contribution in [0.1, 0.15) is 18.3 Å². The van der Waals surface area contributed by atoms with Crippen molar-refractivity contribution in [3.8, 4) is 5.88 Å². The summed E-state index contributed by atoms with van der Waals surface area (Å²) in [6.45, 7) is 4.32. The Kier molecular flexibility index (Phi) is 4.20. The average molecular weight is 272 g/mol. The van der Waals surface area contributed by atoms with E-state index in [1.165, 1.54) is 0 Å². The molecule has 20 heavy (non-hydrogen) atoms. The molecule has 5 heteroatoms. The summed E-state index contributed by atoms with van der Waals surface area (Å²) >= 11 is 0. The Hall–Kier alpha value is -2.14. The Morgan fingerprint density at radius 2 is 1.95 bits per heavy atom. The molecule has 1 aromatic carbocycles. The fourth-order valence-corrected chi connectivity index (χ4v) is 2.04. The largest absolute Gasteiger partial charge is 0.481 e. The van der Waals surface area contributed by atoms with Crippen molar-refractivity contribution < 1.29 is 4.74 Å². The Morgan fingerprint density at radius 3 is 2.55 bits per heavy atom. The summed E-state index contributed by atoms with van der Waals surface area (Å²) in [7, 11) is 1.59. The quantitative estimate of drug-likeness (QED) is 0.871. The lowest BCUT2D eigenvalue weighted by Gasteiger charge is -2.30. The SMILES string of the molecule is COc1cc(NC(C)(CN)c2ccccc2)nc(C)n1. The van der Waals surface area contributed by atoms with E-state index in [2.05, 4.69) is 15.3 Å². The molecule has 1 aromatic heterocycles. The number of rotatable bonds is 5. The molecule has 1 heterocycles. The molecule has 0 bridgehead atoms. The summed E-state index contributed by atoms with van der Waals surface area (Å²) in [6, 6.07) is 11.8. The molecule has 1 atom stereocenters. The van der Waals surface area contributed by atoms with Crippen LogP contribution in [0.3, 0.4) is 0 Å². The van der Waals surface area contributed by atoms with Crippen molar-refractivity contribution in [2.45, 2.75) is 19.4 Å². The highest BCUT2D eigenvalue weighted by Gasteiger charge is 2.25. The second kappa shape index (κ2) is 5.88. The molecule has 0 saturated heterocycles. The Balaban J connectivity index is 2.33. The number of aryl methyl sites for hydroxylation is 1. The van der Waals surface area contributed by atoms with Crippen molar-refractivity contribution in [1.82, 2.24) is 9.97 Å². The maximum absolute atomic E-state index is 5.96. The van der Waals surface area contributed by atoms with Crippen molar-refractivity contribution in [2.24, 2.45) is 5.73 Å². The van der Waals surface area contributed by atoms with Gasteiger partial charge in [-0.2, -0.15) is 4.98 Å². The number of hydrogen-bond acceptors (Lipinski definition) is 5. The number of hydrogen-bond donors (Lipinski definition) is 2. The van der Waals surface area contributed by atoms with Gasteiger partial charge in [-0.3, -0.25) is 0 Å². The number of nitrogens with zero attached hydrogens (tertiary/aromatic N) is 2. The summed E-state index contributed by atoms with van der Waals surface area (Å²) in [5, 5.41) is 3.38. The van der Waals surface area contributed by atoms with Gasteiger partial charge in [-0.1, -0.05) is 30.3 Å². The highest BCUT2D eigenvalue weighted by molar-refractivity contribution is 5.44. The third kappa shape index (κ3) is 3.05. The first-order chi connectivity index (χ1) is 9.57. The summed E-state index contributed by atoms with van der Waals surface area (Å²) in [5.41, 5.74) is 6.67. The molecule has 106 valence electrons. The standard InChI is InChI=1S/C15H20N4O/c1-11-17-13(9-14(18-11)20-3)19-15(2,10-16)12-7-5-4-6-8-12/h4-9H,10,16H2,1-3H3,(H,17,18,19). The van der Waals surface area contributed by atoms with Crippen molar-refractivity contribution in [1.29, 1.82) is 0 Å². The Bertz CT molecular complexity index is 573. The number of anilines is 1. The third-order valence-corrected chi connectivity index (χ3v) is 3.25. The van der Waals surface area contributed by atoms with E-state index < -0.39 is 5.54 Å². The molecule has 3 N–H and O–H groups in total. The van der Waals surface area contributed by atoms with Crippen molar-refractivity contribution >= 4 is 5.82 Å². The fourth-order valence-electron chi connectivity index (χ4n) is 2.04. The first-order valence-corrected chi connectivity index (χ1v) is 6.51. The first-order valence-electron chi connectivity index (χ1n) is 6.51. The summed E-state index contributed by atoms with van der Waals surface area (Å²) in [6.07, 6.45) is 0. The normalized spacial score (nSPS) is 13.6. The molecule has 0 saturated carbocycles. The minimum absolute atomic E-state index is 0.396. The summed E-state index contributed by atoms with van der Waals surface area (Å²) in [4.78, 5) is 8.56.